The average Bonchev–Trinajstić information content (AvgIpc) is 2.62. The normalized spacial score (nSPS) is 13.5. The fourth-order valence-corrected chi connectivity index (χ4v) is 2.52. The maximum Gasteiger partial charge on any atom is 0.119 e. The van der Waals surface area contributed by atoms with Crippen LogP contribution in [-0.4, -0.2) is 37.9 Å². The molecule has 0 fully saturated rings. The van der Waals surface area contributed by atoms with Gasteiger partial charge in [-0.05, 0) is 43.7 Å². The smallest absolute Gasteiger partial charge is 0.119 e. The fraction of sp³-hybridized carbons (Fsp3) is 0.400. The molecule has 4 nitrogen and oxygen atoms in total. The summed E-state index contributed by atoms with van der Waals surface area (Å²) in [6, 6.07) is 18.3. The zero-order valence-corrected chi connectivity index (χ0v) is 14.5. The van der Waals surface area contributed by atoms with Crippen LogP contribution in [0.1, 0.15) is 24.2 Å². The molecule has 0 heterocycles. The maximum atomic E-state index is 10.2. The first-order valence-corrected chi connectivity index (χ1v) is 8.51. The van der Waals surface area contributed by atoms with Crippen molar-refractivity contribution in [2.24, 2.45) is 0 Å². The van der Waals surface area contributed by atoms with Gasteiger partial charge in [-0.15, -0.1) is 0 Å². The predicted octanol–water partition coefficient (Wildman–Crippen LogP) is 2.54. The topological polar surface area (TPSA) is 53.5 Å². The largest absolute Gasteiger partial charge is 0.492 e. The van der Waals surface area contributed by atoms with Crippen molar-refractivity contribution >= 4 is 0 Å². The van der Waals surface area contributed by atoms with Gasteiger partial charge >= 0.3 is 0 Å². The van der Waals surface area contributed by atoms with Gasteiger partial charge in [0.05, 0.1) is 6.10 Å². The second kappa shape index (κ2) is 10.1. The van der Waals surface area contributed by atoms with Gasteiger partial charge in [-0.3, -0.25) is 0 Å². The molecule has 4 heteroatoms. The number of nitrogens with one attached hydrogen (secondary N) is 2. The van der Waals surface area contributed by atoms with E-state index < -0.39 is 6.10 Å². The Hall–Kier alpha value is -1.88. The van der Waals surface area contributed by atoms with E-state index in [1.807, 2.05) is 49.5 Å². The third kappa shape index (κ3) is 6.32. The van der Waals surface area contributed by atoms with E-state index >= 15 is 0 Å². The Kier molecular flexibility index (Phi) is 7.75. The van der Waals surface area contributed by atoms with Crippen molar-refractivity contribution in [3.05, 3.63) is 65.7 Å². The second-order valence-corrected chi connectivity index (χ2v) is 6.04. The molecule has 2 unspecified atom stereocenters. The number of ether oxygens (including phenoxy) is 1. The van der Waals surface area contributed by atoms with E-state index in [1.165, 1.54) is 5.56 Å². The Morgan fingerprint density at radius 2 is 1.75 bits per heavy atom. The summed E-state index contributed by atoms with van der Waals surface area (Å²) in [5, 5.41) is 16.6. The van der Waals surface area contributed by atoms with Crippen LogP contribution in [0.15, 0.2) is 54.6 Å². The first kappa shape index (κ1) is 18.5. The zero-order chi connectivity index (χ0) is 17.2. The van der Waals surface area contributed by atoms with Crippen LogP contribution >= 0.6 is 0 Å². The minimum atomic E-state index is -0.475. The second-order valence-electron chi connectivity index (χ2n) is 6.04. The van der Waals surface area contributed by atoms with Crippen molar-refractivity contribution in [1.82, 2.24) is 10.6 Å². The van der Waals surface area contributed by atoms with Gasteiger partial charge < -0.3 is 20.5 Å². The molecule has 0 amide bonds. The molecule has 0 aliphatic carbocycles. The lowest BCUT2D eigenvalue weighted by Crippen LogP contribution is -2.32. The quantitative estimate of drug-likeness (QED) is 0.587. The molecule has 0 aromatic heterocycles. The molecule has 2 atom stereocenters. The van der Waals surface area contributed by atoms with E-state index in [0.717, 1.165) is 24.3 Å². The molecule has 0 radical (unpaired) electrons. The van der Waals surface area contributed by atoms with Crippen LogP contribution in [0, 0.1) is 0 Å². The number of aliphatic hydroxyl groups is 1. The highest BCUT2D eigenvalue weighted by atomic mass is 16.5. The van der Waals surface area contributed by atoms with E-state index in [4.69, 9.17) is 4.74 Å². The fourth-order valence-electron chi connectivity index (χ4n) is 2.52. The summed E-state index contributed by atoms with van der Waals surface area (Å²) in [5.74, 6) is 0.897. The molecule has 0 saturated heterocycles. The molecule has 2 aromatic carbocycles. The highest BCUT2D eigenvalue weighted by Gasteiger charge is 2.09. The summed E-state index contributed by atoms with van der Waals surface area (Å²) in [5.41, 5.74) is 2.20. The van der Waals surface area contributed by atoms with E-state index in [-0.39, 0.29) is 0 Å². The molecular weight excluding hydrogens is 300 g/mol. The van der Waals surface area contributed by atoms with Gasteiger partial charge in [0.15, 0.2) is 0 Å². The first-order valence-electron chi connectivity index (χ1n) is 8.51. The number of aliphatic hydroxyl groups excluding tert-OH is 1. The standard InChI is InChI=1S/C20H28N2O2/c1-16(22-15-20(23)18-6-4-3-5-7-18)14-17-8-10-19(11-9-17)24-13-12-21-2/h3-11,16,20-23H,12-15H2,1-2H3. The van der Waals surface area contributed by atoms with Gasteiger partial charge in [0, 0.05) is 19.1 Å². The summed E-state index contributed by atoms with van der Waals surface area (Å²) in [7, 11) is 1.91. The van der Waals surface area contributed by atoms with Gasteiger partial charge in [0.25, 0.3) is 0 Å². The highest BCUT2D eigenvalue weighted by Crippen LogP contribution is 2.14. The number of benzene rings is 2. The Bertz CT molecular complexity index is 572. The summed E-state index contributed by atoms with van der Waals surface area (Å²) in [4.78, 5) is 0. The molecule has 130 valence electrons. The Morgan fingerprint density at radius 3 is 2.42 bits per heavy atom. The SMILES string of the molecule is CNCCOc1ccc(CC(C)NCC(O)c2ccccc2)cc1. The molecular formula is C20H28N2O2. The third-order valence-corrected chi connectivity index (χ3v) is 3.93. The van der Waals surface area contributed by atoms with Gasteiger partial charge in [-0.1, -0.05) is 42.5 Å². The van der Waals surface area contributed by atoms with Crippen molar-refractivity contribution in [3.63, 3.8) is 0 Å². The average molecular weight is 328 g/mol. The van der Waals surface area contributed by atoms with Gasteiger partial charge in [-0.25, -0.2) is 0 Å². The van der Waals surface area contributed by atoms with E-state index in [9.17, 15) is 5.11 Å². The Labute approximate surface area is 144 Å². The van der Waals surface area contributed by atoms with Crippen LogP contribution in [0.4, 0.5) is 0 Å². The minimum absolute atomic E-state index is 0.291. The molecule has 3 N–H and O–H groups in total. The van der Waals surface area contributed by atoms with Crippen LogP contribution in [-0.2, 0) is 6.42 Å². The van der Waals surface area contributed by atoms with Crippen LogP contribution in [0.25, 0.3) is 0 Å². The molecule has 0 saturated carbocycles. The van der Waals surface area contributed by atoms with E-state index in [0.29, 0.717) is 19.2 Å². The van der Waals surface area contributed by atoms with Gasteiger partial charge in [-0.2, -0.15) is 0 Å². The zero-order valence-electron chi connectivity index (χ0n) is 14.5. The Morgan fingerprint density at radius 1 is 1.04 bits per heavy atom. The van der Waals surface area contributed by atoms with Gasteiger partial charge in [0.1, 0.15) is 12.4 Å². The predicted molar refractivity (Wildman–Crippen MR) is 98.4 cm³/mol. The molecule has 0 aliphatic heterocycles. The summed E-state index contributed by atoms with van der Waals surface area (Å²) >= 11 is 0. The minimum Gasteiger partial charge on any atom is -0.492 e. The van der Waals surface area contributed by atoms with Crippen molar-refractivity contribution < 1.29 is 9.84 Å². The number of hydrogen-bond donors (Lipinski definition) is 3. The lowest BCUT2D eigenvalue weighted by molar-refractivity contribution is 0.170. The van der Waals surface area contributed by atoms with Crippen molar-refractivity contribution in [2.75, 3.05) is 26.7 Å². The van der Waals surface area contributed by atoms with Crippen molar-refractivity contribution in [2.45, 2.75) is 25.5 Å². The highest BCUT2D eigenvalue weighted by molar-refractivity contribution is 5.27. The number of hydrogen-bond acceptors (Lipinski definition) is 4. The number of likely N-dealkylation sites (N-methyl/N-ethyl adjacent to an activating group) is 1. The monoisotopic (exact) mass is 328 g/mol. The lowest BCUT2D eigenvalue weighted by Gasteiger charge is -2.17. The Balaban J connectivity index is 1.74. The molecule has 0 aliphatic rings. The summed E-state index contributed by atoms with van der Waals surface area (Å²) < 4.78 is 5.62. The molecule has 2 rings (SSSR count). The lowest BCUT2D eigenvalue weighted by atomic mass is 10.1. The summed E-state index contributed by atoms with van der Waals surface area (Å²) in [6.45, 7) is 4.20. The molecule has 24 heavy (non-hydrogen) atoms. The van der Waals surface area contributed by atoms with Crippen LogP contribution in [0.5, 0.6) is 5.75 Å². The van der Waals surface area contributed by atoms with Crippen LogP contribution in [0.3, 0.4) is 0 Å². The molecule has 2 aromatic rings. The molecule has 0 bridgehead atoms. The first-order chi connectivity index (χ1) is 11.7. The van der Waals surface area contributed by atoms with E-state index in [2.05, 4.69) is 29.7 Å². The number of rotatable bonds is 10. The third-order valence-electron chi connectivity index (χ3n) is 3.93. The summed E-state index contributed by atoms with van der Waals surface area (Å²) in [6.07, 6.45) is 0.440. The van der Waals surface area contributed by atoms with Crippen molar-refractivity contribution in [1.29, 1.82) is 0 Å². The van der Waals surface area contributed by atoms with E-state index in [1.54, 1.807) is 0 Å². The van der Waals surface area contributed by atoms with Crippen LogP contribution in [0.2, 0.25) is 0 Å². The molecule has 0 spiro atoms. The van der Waals surface area contributed by atoms with Crippen LogP contribution < -0.4 is 15.4 Å². The van der Waals surface area contributed by atoms with Gasteiger partial charge in [0.2, 0.25) is 0 Å². The maximum absolute atomic E-state index is 10.2. The van der Waals surface area contributed by atoms with Crippen molar-refractivity contribution in [3.8, 4) is 5.75 Å².